The molecule has 1 aliphatic rings. The van der Waals surface area contributed by atoms with E-state index in [0.717, 1.165) is 25.7 Å². The van der Waals surface area contributed by atoms with Crippen LogP contribution in [0.25, 0.3) is 0 Å². The van der Waals surface area contributed by atoms with Crippen molar-refractivity contribution < 1.29 is 12.8 Å². The molecule has 0 amide bonds. The van der Waals surface area contributed by atoms with Gasteiger partial charge in [0.15, 0.2) is 0 Å². The van der Waals surface area contributed by atoms with Crippen molar-refractivity contribution in [3.63, 3.8) is 0 Å². The van der Waals surface area contributed by atoms with Gasteiger partial charge in [0.05, 0.1) is 6.54 Å². The third-order valence-electron chi connectivity index (χ3n) is 3.62. The highest BCUT2D eigenvalue weighted by atomic mass is 32.2. The molecule has 0 radical (unpaired) electrons. The summed E-state index contributed by atoms with van der Waals surface area (Å²) in [6, 6.07) is 1.65. The average molecular weight is 272 g/mol. The predicted octanol–water partition coefficient (Wildman–Crippen LogP) is 1.61. The molecule has 102 valence electrons. The molecule has 1 heterocycles. The number of nitrogens with zero attached hydrogens (tertiary/aromatic N) is 1. The van der Waals surface area contributed by atoms with Crippen molar-refractivity contribution in [1.29, 1.82) is 0 Å². The lowest BCUT2D eigenvalue weighted by atomic mass is 10.3. The summed E-state index contributed by atoms with van der Waals surface area (Å²) in [6.45, 7) is 1.87. The van der Waals surface area contributed by atoms with Crippen LogP contribution in [0.5, 0.6) is 0 Å². The van der Waals surface area contributed by atoms with E-state index in [1.54, 1.807) is 14.0 Å². The molecule has 2 N–H and O–H groups in total. The van der Waals surface area contributed by atoms with Crippen molar-refractivity contribution in [2.24, 2.45) is 5.73 Å². The van der Waals surface area contributed by atoms with E-state index in [1.165, 1.54) is 10.4 Å². The first-order chi connectivity index (χ1) is 8.46. The van der Waals surface area contributed by atoms with Crippen molar-refractivity contribution in [3.8, 4) is 0 Å². The SMILES string of the molecule is Cc1oc(CN)cc1S(=O)(=O)N(C)C1CCCC1. The van der Waals surface area contributed by atoms with Gasteiger partial charge in [-0.05, 0) is 19.8 Å². The minimum Gasteiger partial charge on any atom is -0.464 e. The van der Waals surface area contributed by atoms with Crippen LogP contribution in [0.4, 0.5) is 0 Å². The Bertz CT molecular complexity index is 515. The standard InChI is InChI=1S/C12H20N2O3S/c1-9-12(7-11(8-13)17-9)18(15,16)14(2)10-5-3-4-6-10/h7,10H,3-6,8,13H2,1-2H3. The number of sulfonamides is 1. The Morgan fingerprint density at radius 1 is 1.44 bits per heavy atom. The molecule has 6 heteroatoms. The first-order valence-electron chi connectivity index (χ1n) is 6.24. The maximum Gasteiger partial charge on any atom is 0.246 e. The Balaban J connectivity index is 2.31. The lowest BCUT2D eigenvalue weighted by molar-refractivity contribution is 0.371. The quantitative estimate of drug-likeness (QED) is 0.903. The molecule has 1 aliphatic carbocycles. The molecule has 0 bridgehead atoms. The second-order valence-corrected chi connectivity index (χ2v) is 6.76. The molecule has 0 saturated heterocycles. The fourth-order valence-electron chi connectivity index (χ4n) is 2.50. The summed E-state index contributed by atoms with van der Waals surface area (Å²) in [4.78, 5) is 0.248. The lowest BCUT2D eigenvalue weighted by Gasteiger charge is -2.23. The van der Waals surface area contributed by atoms with Crippen LogP contribution in [-0.2, 0) is 16.6 Å². The maximum absolute atomic E-state index is 12.5. The molecule has 1 aromatic heterocycles. The monoisotopic (exact) mass is 272 g/mol. The third kappa shape index (κ3) is 2.32. The fraction of sp³-hybridized carbons (Fsp3) is 0.667. The number of hydrogen-bond donors (Lipinski definition) is 1. The third-order valence-corrected chi connectivity index (χ3v) is 5.64. The van der Waals surface area contributed by atoms with Crippen LogP contribution in [0.15, 0.2) is 15.4 Å². The second kappa shape index (κ2) is 5.03. The molecule has 0 spiro atoms. The maximum atomic E-state index is 12.5. The molecular formula is C12H20N2O3S. The van der Waals surface area contributed by atoms with E-state index in [1.807, 2.05) is 0 Å². The summed E-state index contributed by atoms with van der Waals surface area (Å²) in [5, 5.41) is 0. The Morgan fingerprint density at radius 2 is 2.06 bits per heavy atom. The topological polar surface area (TPSA) is 76.5 Å². The highest BCUT2D eigenvalue weighted by Gasteiger charge is 2.32. The van der Waals surface area contributed by atoms with Gasteiger partial charge in [0.2, 0.25) is 10.0 Å². The van der Waals surface area contributed by atoms with E-state index in [9.17, 15) is 8.42 Å². The summed E-state index contributed by atoms with van der Waals surface area (Å²) in [5.41, 5.74) is 5.47. The average Bonchev–Trinajstić information content (AvgIpc) is 2.96. The van der Waals surface area contributed by atoms with Gasteiger partial charge in [0, 0.05) is 19.2 Å². The van der Waals surface area contributed by atoms with Gasteiger partial charge in [-0.1, -0.05) is 12.8 Å². The molecule has 0 aromatic carbocycles. The highest BCUT2D eigenvalue weighted by Crippen LogP contribution is 2.29. The molecule has 1 saturated carbocycles. The zero-order valence-corrected chi connectivity index (χ0v) is 11.7. The van der Waals surface area contributed by atoms with Crippen molar-refractivity contribution in [3.05, 3.63) is 17.6 Å². The Morgan fingerprint density at radius 3 is 2.56 bits per heavy atom. The van der Waals surface area contributed by atoms with Gasteiger partial charge in [-0.3, -0.25) is 0 Å². The van der Waals surface area contributed by atoms with Crippen LogP contribution < -0.4 is 5.73 Å². The summed E-state index contributed by atoms with van der Waals surface area (Å²) >= 11 is 0. The Kier molecular flexibility index (Phi) is 3.79. The van der Waals surface area contributed by atoms with Crippen molar-refractivity contribution >= 4 is 10.0 Å². The smallest absolute Gasteiger partial charge is 0.246 e. The van der Waals surface area contributed by atoms with Crippen molar-refractivity contribution in [1.82, 2.24) is 4.31 Å². The molecule has 2 rings (SSSR count). The minimum atomic E-state index is -3.46. The first kappa shape index (κ1) is 13.6. The molecule has 0 unspecified atom stereocenters. The van der Waals surface area contributed by atoms with Gasteiger partial charge in [-0.15, -0.1) is 0 Å². The van der Waals surface area contributed by atoms with E-state index in [4.69, 9.17) is 10.2 Å². The van der Waals surface area contributed by atoms with Crippen LogP contribution in [0.2, 0.25) is 0 Å². The Hall–Kier alpha value is -0.850. The number of hydrogen-bond acceptors (Lipinski definition) is 4. The van der Waals surface area contributed by atoms with Crippen LogP contribution in [0.3, 0.4) is 0 Å². The van der Waals surface area contributed by atoms with Gasteiger partial charge >= 0.3 is 0 Å². The van der Waals surface area contributed by atoms with E-state index in [2.05, 4.69) is 0 Å². The van der Waals surface area contributed by atoms with E-state index < -0.39 is 10.0 Å². The fourth-order valence-corrected chi connectivity index (χ4v) is 4.10. The van der Waals surface area contributed by atoms with E-state index in [-0.39, 0.29) is 17.5 Å². The van der Waals surface area contributed by atoms with Crippen molar-refractivity contribution in [2.45, 2.75) is 50.1 Å². The predicted molar refractivity (Wildman–Crippen MR) is 68.5 cm³/mol. The van der Waals surface area contributed by atoms with Crippen LogP contribution in [-0.4, -0.2) is 25.8 Å². The molecule has 5 nitrogen and oxygen atoms in total. The zero-order chi connectivity index (χ0) is 13.3. The largest absolute Gasteiger partial charge is 0.464 e. The summed E-state index contributed by atoms with van der Waals surface area (Å²) < 4.78 is 31.8. The summed E-state index contributed by atoms with van der Waals surface area (Å²) in [7, 11) is -1.81. The normalized spacial score (nSPS) is 17.8. The van der Waals surface area contributed by atoms with Gasteiger partial charge in [0.1, 0.15) is 16.4 Å². The minimum absolute atomic E-state index is 0.116. The zero-order valence-electron chi connectivity index (χ0n) is 10.8. The first-order valence-corrected chi connectivity index (χ1v) is 7.68. The van der Waals surface area contributed by atoms with Crippen molar-refractivity contribution in [2.75, 3.05) is 7.05 Å². The van der Waals surface area contributed by atoms with Gasteiger partial charge < -0.3 is 10.2 Å². The van der Waals surface area contributed by atoms with Crippen LogP contribution in [0.1, 0.15) is 37.2 Å². The molecular weight excluding hydrogens is 252 g/mol. The summed E-state index contributed by atoms with van der Waals surface area (Å²) in [5.74, 6) is 0.922. The van der Waals surface area contributed by atoms with Gasteiger partial charge in [0.25, 0.3) is 0 Å². The number of rotatable bonds is 4. The van der Waals surface area contributed by atoms with E-state index in [0.29, 0.717) is 11.5 Å². The molecule has 0 atom stereocenters. The molecule has 1 aromatic rings. The van der Waals surface area contributed by atoms with Gasteiger partial charge in [-0.25, -0.2) is 8.42 Å². The number of nitrogens with two attached hydrogens (primary N) is 1. The summed E-state index contributed by atoms with van der Waals surface area (Å²) in [6.07, 6.45) is 4.08. The lowest BCUT2D eigenvalue weighted by Crippen LogP contribution is -2.35. The number of furan rings is 1. The van der Waals surface area contributed by atoms with Crippen LogP contribution >= 0.6 is 0 Å². The second-order valence-electron chi connectivity index (χ2n) is 4.80. The number of aryl methyl sites for hydroxylation is 1. The Labute approximate surface area is 108 Å². The highest BCUT2D eigenvalue weighted by molar-refractivity contribution is 7.89. The molecule has 0 aliphatic heterocycles. The molecule has 18 heavy (non-hydrogen) atoms. The van der Waals surface area contributed by atoms with Crippen LogP contribution in [0, 0.1) is 6.92 Å². The van der Waals surface area contributed by atoms with Gasteiger partial charge in [-0.2, -0.15) is 4.31 Å². The molecule has 1 fully saturated rings. The van der Waals surface area contributed by atoms with E-state index >= 15 is 0 Å².